The number of methoxy groups -OCH3 is 1. The Balaban J connectivity index is 3.61. The lowest BCUT2D eigenvalue weighted by atomic mass is 9.91. The van der Waals surface area contributed by atoms with Crippen LogP contribution in [0.15, 0.2) is 17.0 Å². The van der Waals surface area contributed by atoms with Crippen LogP contribution in [0, 0.1) is 6.92 Å². The van der Waals surface area contributed by atoms with E-state index in [1.807, 2.05) is 13.8 Å². The maximum atomic E-state index is 12.0. The number of carbonyl (C=O) groups excluding carboxylic acids is 1. The van der Waals surface area contributed by atoms with Crippen molar-refractivity contribution in [2.75, 3.05) is 13.4 Å². The Bertz CT molecular complexity index is 599. The van der Waals surface area contributed by atoms with Gasteiger partial charge in [0.2, 0.25) is 0 Å². The van der Waals surface area contributed by atoms with Crippen molar-refractivity contribution in [3.8, 4) is 0 Å². The highest BCUT2D eigenvalue weighted by Crippen LogP contribution is 2.31. The van der Waals surface area contributed by atoms with E-state index in [-0.39, 0.29) is 10.8 Å². The number of ether oxygens (including phenoxy) is 1. The lowest BCUT2D eigenvalue weighted by Crippen LogP contribution is -2.12. The average molecular weight is 298 g/mol. The molecule has 0 bridgehead atoms. The molecular formula is C15H22O4S. The van der Waals surface area contributed by atoms with Crippen LogP contribution in [0.1, 0.15) is 54.1 Å². The number of carbonyl (C=O) groups is 1. The number of rotatable bonds is 5. The molecule has 1 aromatic rings. The van der Waals surface area contributed by atoms with Gasteiger partial charge in [0, 0.05) is 6.26 Å². The van der Waals surface area contributed by atoms with Gasteiger partial charge in [-0.2, -0.15) is 0 Å². The van der Waals surface area contributed by atoms with Crippen LogP contribution in [0.25, 0.3) is 0 Å². The second-order valence-corrected chi connectivity index (χ2v) is 6.97. The standard InChI is InChI=1S/C15H22O4S/c1-6-11(7-2)13-8-10(3)12(15(16)19-4)9-14(13)20(5,17)18/h8-9,11H,6-7H2,1-5H3. The molecule has 0 saturated carbocycles. The Kier molecular flexibility index (Phi) is 5.34. The van der Waals surface area contributed by atoms with Crippen LogP contribution in [0.5, 0.6) is 0 Å². The summed E-state index contributed by atoms with van der Waals surface area (Å²) >= 11 is 0. The first kappa shape index (κ1) is 16.7. The molecule has 0 saturated heterocycles. The molecule has 20 heavy (non-hydrogen) atoms. The van der Waals surface area contributed by atoms with E-state index >= 15 is 0 Å². The largest absolute Gasteiger partial charge is 0.465 e. The summed E-state index contributed by atoms with van der Waals surface area (Å²) in [7, 11) is -2.10. The van der Waals surface area contributed by atoms with E-state index in [1.54, 1.807) is 13.0 Å². The molecule has 0 heterocycles. The Morgan fingerprint density at radius 1 is 1.25 bits per heavy atom. The maximum Gasteiger partial charge on any atom is 0.338 e. The van der Waals surface area contributed by atoms with E-state index in [2.05, 4.69) is 0 Å². The number of aryl methyl sites for hydroxylation is 1. The van der Waals surface area contributed by atoms with Gasteiger partial charge < -0.3 is 4.74 Å². The molecule has 0 aliphatic rings. The molecule has 0 unspecified atom stereocenters. The Labute approximate surface area is 121 Å². The molecule has 4 nitrogen and oxygen atoms in total. The zero-order valence-electron chi connectivity index (χ0n) is 12.7. The Hall–Kier alpha value is -1.36. The maximum absolute atomic E-state index is 12.0. The van der Waals surface area contributed by atoms with Crippen LogP contribution in [0.2, 0.25) is 0 Å². The summed E-state index contributed by atoms with van der Waals surface area (Å²) < 4.78 is 28.7. The third-order valence-corrected chi connectivity index (χ3v) is 4.74. The van der Waals surface area contributed by atoms with Gasteiger partial charge in [0.15, 0.2) is 9.84 Å². The minimum atomic E-state index is -3.39. The molecule has 0 N–H and O–H groups in total. The van der Waals surface area contributed by atoms with Crippen molar-refractivity contribution >= 4 is 15.8 Å². The first-order valence-electron chi connectivity index (χ1n) is 6.69. The van der Waals surface area contributed by atoms with Gasteiger partial charge in [-0.3, -0.25) is 0 Å². The number of esters is 1. The quantitative estimate of drug-likeness (QED) is 0.784. The first-order valence-corrected chi connectivity index (χ1v) is 8.58. The number of hydrogen-bond donors (Lipinski definition) is 0. The zero-order valence-corrected chi connectivity index (χ0v) is 13.5. The van der Waals surface area contributed by atoms with E-state index in [1.165, 1.54) is 19.4 Å². The van der Waals surface area contributed by atoms with Gasteiger partial charge in [0.05, 0.1) is 17.6 Å². The van der Waals surface area contributed by atoms with Crippen LogP contribution in [-0.2, 0) is 14.6 Å². The molecule has 0 aliphatic heterocycles. The molecule has 112 valence electrons. The summed E-state index contributed by atoms with van der Waals surface area (Å²) in [5.41, 5.74) is 1.84. The second kappa shape index (κ2) is 6.39. The Morgan fingerprint density at radius 2 is 1.80 bits per heavy atom. The summed E-state index contributed by atoms with van der Waals surface area (Å²) in [4.78, 5) is 12.0. The smallest absolute Gasteiger partial charge is 0.338 e. The van der Waals surface area contributed by atoms with Crippen LogP contribution < -0.4 is 0 Å². The molecule has 5 heteroatoms. The van der Waals surface area contributed by atoms with Crippen molar-refractivity contribution in [3.05, 3.63) is 28.8 Å². The minimum absolute atomic E-state index is 0.171. The molecule has 0 fully saturated rings. The lowest BCUT2D eigenvalue weighted by molar-refractivity contribution is 0.0599. The predicted molar refractivity (Wildman–Crippen MR) is 79.0 cm³/mol. The summed E-state index contributed by atoms with van der Waals surface area (Å²) in [5.74, 6) is -0.339. The third-order valence-electron chi connectivity index (χ3n) is 3.59. The highest BCUT2D eigenvalue weighted by atomic mass is 32.2. The number of hydrogen-bond acceptors (Lipinski definition) is 4. The molecule has 1 rings (SSSR count). The van der Waals surface area contributed by atoms with Gasteiger partial charge >= 0.3 is 5.97 Å². The molecule has 0 atom stereocenters. The molecule has 0 radical (unpaired) electrons. The Morgan fingerprint density at radius 3 is 2.20 bits per heavy atom. The topological polar surface area (TPSA) is 60.4 Å². The van der Waals surface area contributed by atoms with Crippen molar-refractivity contribution in [3.63, 3.8) is 0 Å². The zero-order chi connectivity index (χ0) is 15.5. The van der Waals surface area contributed by atoms with Crippen LogP contribution in [0.4, 0.5) is 0 Å². The minimum Gasteiger partial charge on any atom is -0.465 e. The van der Waals surface area contributed by atoms with E-state index in [9.17, 15) is 13.2 Å². The fraction of sp³-hybridized carbons (Fsp3) is 0.533. The lowest BCUT2D eigenvalue weighted by Gasteiger charge is -2.19. The molecule has 0 amide bonds. The van der Waals surface area contributed by atoms with Crippen LogP contribution in [0.3, 0.4) is 0 Å². The molecule has 0 aliphatic carbocycles. The van der Waals surface area contributed by atoms with E-state index in [4.69, 9.17) is 4.74 Å². The van der Waals surface area contributed by atoms with E-state index in [0.717, 1.165) is 24.0 Å². The van der Waals surface area contributed by atoms with Crippen LogP contribution in [-0.4, -0.2) is 27.8 Å². The fourth-order valence-corrected chi connectivity index (χ4v) is 3.39. The van der Waals surface area contributed by atoms with Crippen molar-refractivity contribution in [2.24, 2.45) is 0 Å². The summed E-state index contributed by atoms with van der Waals surface area (Å²) in [6.07, 6.45) is 2.89. The van der Waals surface area contributed by atoms with Crippen molar-refractivity contribution in [2.45, 2.75) is 44.4 Å². The SMILES string of the molecule is CCC(CC)c1cc(C)c(C(=O)OC)cc1S(C)(=O)=O. The highest BCUT2D eigenvalue weighted by Gasteiger charge is 2.22. The summed E-state index contributed by atoms with van der Waals surface area (Å²) in [6.45, 7) is 5.86. The van der Waals surface area contributed by atoms with Gasteiger partial charge in [-0.15, -0.1) is 0 Å². The highest BCUT2D eigenvalue weighted by molar-refractivity contribution is 7.90. The van der Waals surface area contributed by atoms with Gasteiger partial charge in [0.1, 0.15) is 0 Å². The van der Waals surface area contributed by atoms with Crippen molar-refractivity contribution < 1.29 is 17.9 Å². The normalized spacial score (nSPS) is 11.7. The third kappa shape index (κ3) is 3.39. The predicted octanol–water partition coefficient (Wildman–Crippen LogP) is 3.09. The van der Waals surface area contributed by atoms with Crippen molar-refractivity contribution in [1.82, 2.24) is 0 Å². The molecule has 1 aromatic carbocycles. The molecule has 0 aromatic heterocycles. The fourth-order valence-electron chi connectivity index (χ4n) is 2.41. The number of sulfone groups is 1. The van der Waals surface area contributed by atoms with Gasteiger partial charge in [0.25, 0.3) is 0 Å². The van der Waals surface area contributed by atoms with Crippen LogP contribution >= 0.6 is 0 Å². The monoisotopic (exact) mass is 298 g/mol. The molecule has 0 spiro atoms. The summed E-state index contributed by atoms with van der Waals surface area (Å²) in [5, 5.41) is 0. The van der Waals surface area contributed by atoms with E-state index in [0.29, 0.717) is 5.56 Å². The van der Waals surface area contributed by atoms with E-state index < -0.39 is 15.8 Å². The summed E-state index contributed by atoms with van der Waals surface area (Å²) in [6, 6.07) is 3.25. The van der Waals surface area contributed by atoms with Gasteiger partial charge in [-0.25, -0.2) is 13.2 Å². The molecular weight excluding hydrogens is 276 g/mol. The van der Waals surface area contributed by atoms with Gasteiger partial charge in [-0.1, -0.05) is 19.9 Å². The van der Waals surface area contributed by atoms with Gasteiger partial charge in [-0.05, 0) is 42.9 Å². The first-order chi connectivity index (χ1) is 9.26. The van der Waals surface area contributed by atoms with Crippen molar-refractivity contribution in [1.29, 1.82) is 0 Å². The average Bonchev–Trinajstić information content (AvgIpc) is 2.38. The number of benzene rings is 1. The second-order valence-electron chi connectivity index (χ2n) is 4.98.